The minimum Gasteiger partial charge on any atom is -0.358 e. The van der Waals surface area contributed by atoms with E-state index >= 15 is 0 Å². The van der Waals surface area contributed by atoms with Gasteiger partial charge in [-0.15, -0.1) is 0 Å². The van der Waals surface area contributed by atoms with Gasteiger partial charge in [0.05, 0.1) is 5.75 Å². The van der Waals surface area contributed by atoms with Crippen LogP contribution in [0.3, 0.4) is 0 Å². The summed E-state index contributed by atoms with van der Waals surface area (Å²) in [6.45, 7) is 1.64. The van der Waals surface area contributed by atoms with Crippen molar-refractivity contribution < 1.29 is 4.92 Å². The standard InChI is InChI=1S/C7H7N3O2S/c1-5-8-6(3-2-4-13)7(9-5)10(11)12/h13H,4H2,1H3,(H,8,9). The van der Waals surface area contributed by atoms with E-state index in [2.05, 4.69) is 34.4 Å². The van der Waals surface area contributed by atoms with E-state index in [9.17, 15) is 10.1 Å². The van der Waals surface area contributed by atoms with Gasteiger partial charge < -0.3 is 10.1 Å². The van der Waals surface area contributed by atoms with Crippen LogP contribution in [0.4, 0.5) is 5.82 Å². The fraction of sp³-hybridized carbons (Fsp3) is 0.286. The van der Waals surface area contributed by atoms with Crippen molar-refractivity contribution in [1.29, 1.82) is 0 Å². The molecule has 0 aliphatic heterocycles. The lowest BCUT2D eigenvalue weighted by Crippen LogP contribution is -1.90. The van der Waals surface area contributed by atoms with Crippen molar-refractivity contribution in [3.63, 3.8) is 0 Å². The molecule has 1 aromatic heterocycles. The molecular formula is C7H7N3O2S. The van der Waals surface area contributed by atoms with E-state index in [0.29, 0.717) is 11.6 Å². The summed E-state index contributed by atoms with van der Waals surface area (Å²) in [6.07, 6.45) is 0. The number of thiol groups is 1. The fourth-order valence-corrected chi connectivity index (χ4v) is 0.901. The van der Waals surface area contributed by atoms with Crippen molar-refractivity contribution in [1.82, 2.24) is 9.97 Å². The molecule has 0 atom stereocenters. The molecule has 0 unspecified atom stereocenters. The first kappa shape index (κ1) is 9.61. The van der Waals surface area contributed by atoms with Gasteiger partial charge in [0.25, 0.3) is 0 Å². The highest BCUT2D eigenvalue weighted by Gasteiger charge is 2.15. The Hall–Kier alpha value is -1.48. The third-order valence-corrected chi connectivity index (χ3v) is 1.43. The number of nitro groups is 1. The Bertz CT molecular complexity index is 388. The van der Waals surface area contributed by atoms with Gasteiger partial charge >= 0.3 is 5.82 Å². The highest BCUT2D eigenvalue weighted by Crippen LogP contribution is 2.12. The van der Waals surface area contributed by atoms with Gasteiger partial charge in [-0.25, -0.2) is 4.98 Å². The lowest BCUT2D eigenvalue weighted by Gasteiger charge is -1.87. The topological polar surface area (TPSA) is 71.8 Å². The van der Waals surface area contributed by atoms with Gasteiger partial charge in [-0.3, -0.25) is 0 Å². The zero-order valence-electron chi connectivity index (χ0n) is 6.87. The number of rotatable bonds is 1. The van der Waals surface area contributed by atoms with Crippen LogP contribution in [0.2, 0.25) is 0 Å². The number of nitrogens with one attached hydrogen (secondary N) is 1. The summed E-state index contributed by atoms with van der Waals surface area (Å²) in [6, 6.07) is 0. The van der Waals surface area contributed by atoms with Crippen LogP contribution in [0.1, 0.15) is 11.5 Å². The van der Waals surface area contributed by atoms with Gasteiger partial charge in [-0.05, 0) is 10.8 Å². The van der Waals surface area contributed by atoms with E-state index in [0.717, 1.165) is 0 Å². The van der Waals surface area contributed by atoms with Crippen LogP contribution in [0, 0.1) is 28.9 Å². The van der Waals surface area contributed by atoms with Crippen molar-refractivity contribution in [3.8, 4) is 11.8 Å². The molecule has 0 radical (unpaired) electrons. The van der Waals surface area contributed by atoms with E-state index in [4.69, 9.17) is 0 Å². The Kier molecular flexibility index (Phi) is 2.93. The molecule has 1 heterocycles. The number of hydrogen-bond acceptors (Lipinski definition) is 4. The molecule has 0 saturated carbocycles. The van der Waals surface area contributed by atoms with Crippen LogP contribution >= 0.6 is 12.6 Å². The number of nitrogens with zero attached hydrogens (tertiary/aromatic N) is 2. The highest BCUT2D eigenvalue weighted by atomic mass is 32.1. The Balaban J connectivity index is 3.12. The minimum absolute atomic E-state index is 0.160. The van der Waals surface area contributed by atoms with Gasteiger partial charge in [0.2, 0.25) is 5.69 Å². The van der Waals surface area contributed by atoms with Crippen LogP contribution in [0.5, 0.6) is 0 Å². The molecule has 1 N–H and O–H groups in total. The Morgan fingerprint density at radius 2 is 2.46 bits per heavy atom. The molecule has 0 spiro atoms. The second-order valence-electron chi connectivity index (χ2n) is 2.24. The maximum Gasteiger partial charge on any atom is 0.356 e. The lowest BCUT2D eigenvalue weighted by molar-refractivity contribution is -0.389. The Morgan fingerprint density at radius 3 is 3.00 bits per heavy atom. The molecule has 0 aliphatic rings. The molecule has 1 rings (SSSR count). The predicted molar refractivity (Wildman–Crippen MR) is 50.7 cm³/mol. The maximum atomic E-state index is 10.4. The summed E-state index contributed by atoms with van der Waals surface area (Å²) in [5, 5.41) is 10.4. The van der Waals surface area contributed by atoms with Crippen LogP contribution in [0.25, 0.3) is 0 Å². The van der Waals surface area contributed by atoms with E-state index < -0.39 is 4.92 Å². The van der Waals surface area contributed by atoms with E-state index in [1.165, 1.54) is 0 Å². The molecule has 5 nitrogen and oxygen atoms in total. The third-order valence-electron chi connectivity index (χ3n) is 1.27. The van der Waals surface area contributed by atoms with Crippen molar-refractivity contribution >= 4 is 18.4 Å². The Labute approximate surface area is 80.1 Å². The maximum absolute atomic E-state index is 10.4. The normalized spacial score (nSPS) is 9.08. The molecule has 1 aromatic rings. The summed E-state index contributed by atoms with van der Waals surface area (Å²) in [4.78, 5) is 16.3. The summed E-state index contributed by atoms with van der Waals surface area (Å²) >= 11 is 3.86. The molecule has 0 amide bonds. The number of H-pyrrole nitrogens is 1. The van der Waals surface area contributed by atoms with Gasteiger partial charge in [-0.2, -0.15) is 17.6 Å². The summed E-state index contributed by atoms with van der Waals surface area (Å²) in [5.41, 5.74) is 0.163. The van der Waals surface area contributed by atoms with E-state index in [-0.39, 0.29) is 11.5 Å². The van der Waals surface area contributed by atoms with Crippen LogP contribution in [-0.4, -0.2) is 20.6 Å². The number of aryl methyl sites for hydroxylation is 1. The highest BCUT2D eigenvalue weighted by molar-refractivity contribution is 7.80. The first-order valence-corrected chi connectivity index (χ1v) is 4.09. The van der Waals surface area contributed by atoms with Crippen LogP contribution in [-0.2, 0) is 0 Å². The molecule has 0 aliphatic carbocycles. The third kappa shape index (κ3) is 2.23. The van der Waals surface area contributed by atoms with Crippen molar-refractivity contribution in [2.75, 3.05) is 5.75 Å². The number of imidazole rings is 1. The predicted octanol–water partition coefficient (Wildman–Crippen LogP) is 0.908. The fourth-order valence-electron chi connectivity index (χ4n) is 0.822. The SMILES string of the molecule is Cc1nc(C#CCS)c([N+](=O)[O-])[nH]1. The van der Waals surface area contributed by atoms with Crippen molar-refractivity contribution in [2.45, 2.75) is 6.92 Å². The van der Waals surface area contributed by atoms with Gasteiger partial charge in [0, 0.05) is 6.92 Å². The second-order valence-corrected chi connectivity index (χ2v) is 2.55. The zero-order valence-corrected chi connectivity index (χ0v) is 7.76. The van der Waals surface area contributed by atoms with Crippen molar-refractivity contribution in [3.05, 3.63) is 21.6 Å². The smallest absolute Gasteiger partial charge is 0.356 e. The molecular weight excluding hydrogens is 190 g/mol. The number of aromatic nitrogens is 2. The molecule has 0 saturated heterocycles. The monoisotopic (exact) mass is 197 g/mol. The van der Waals surface area contributed by atoms with Crippen molar-refractivity contribution in [2.24, 2.45) is 0 Å². The summed E-state index contributed by atoms with van der Waals surface area (Å²) < 4.78 is 0. The number of hydrogen-bond donors (Lipinski definition) is 2. The summed E-state index contributed by atoms with van der Waals surface area (Å²) in [7, 11) is 0. The lowest BCUT2D eigenvalue weighted by atomic mass is 10.4. The van der Waals surface area contributed by atoms with Gasteiger partial charge in [-0.1, -0.05) is 5.92 Å². The quantitative estimate of drug-likeness (QED) is 0.304. The summed E-state index contributed by atoms with van der Waals surface area (Å²) in [5.74, 6) is 5.83. The molecule has 0 bridgehead atoms. The Morgan fingerprint density at radius 1 is 1.77 bits per heavy atom. The molecule has 13 heavy (non-hydrogen) atoms. The molecule has 0 fully saturated rings. The van der Waals surface area contributed by atoms with E-state index in [1.54, 1.807) is 6.92 Å². The largest absolute Gasteiger partial charge is 0.358 e. The average molecular weight is 197 g/mol. The van der Waals surface area contributed by atoms with Crippen LogP contribution in [0.15, 0.2) is 0 Å². The molecule has 6 heteroatoms. The first-order valence-electron chi connectivity index (χ1n) is 3.46. The average Bonchev–Trinajstić information content (AvgIpc) is 2.43. The van der Waals surface area contributed by atoms with Gasteiger partial charge in [0.15, 0.2) is 5.82 Å². The first-order chi connectivity index (χ1) is 6.15. The van der Waals surface area contributed by atoms with E-state index in [1.807, 2.05) is 0 Å². The zero-order chi connectivity index (χ0) is 9.84. The van der Waals surface area contributed by atoms with Crippen LogP contribution < -0.4 is 0 Å². The number of aromatic amines is 1. The van der Waals surface area contributed by atoms with Gasteiger partial charge in [0.1, 0.15) is 0 Å². The minimum atomic E-state index is -0.539. The molecule has 68 valence electrons. The second kappa shape index (κ2) is 3.96. The molecule has 0 aromatic carbocycles.